The van der Waals surface area contributed by atoms with Gasteiger partial charge in [0.2, 0.25) is 0 Å². The molecular weight excluding hydrogens is 289 g/mol. The van der Waals surface area contributed by atoms with E-state index in [0.717, 1.165) is 0 Å². The van der Waals surface area contributed by atoms with E-state index in [9.17, 15) is 8.78 Å². The van der Waals surface area contributed by atoms with Crippen LogP contribution in [0.1, 0.15) is 23.4 Å². The summed E-state index contributed by atoms with van der Waals surface area (Å²) in [6.45, 7) is 1.48. The van der Waals surface area contributed by atoms with E-state index in [0.29, 0.717) is 3.57 Å². The quantitative estimate of drug-likeness (QED) is 0.747. The maximum Gasteiger partial charge on any atom is 0.266 e. The number of rotatable bonds is 1. The predicted octanol–water partition coefficient (Wildman–Crippen LogP) is 2.80. The van der Waals surface area contributed by atoms with Crippen molar-refractivity contribution in [2.24, 2.45) is 0 Å². The van der Waals surface area contributed by atoms with Crippen molar-refractivity contribution in [1.82, 2.24) is 4.98 Å². The zero-order valence-electron chi connectivity index (χ0n) is 6.68. The Morgan fingerprint density at radius 3 is 2.62 bits per heavy atom. The highest BCUT2D eigenvalue weighted by Gasteiger charge is 2.16. The molecule has 1 rings (SSSR count). The van der Waals surface area contributed by atoms with Gasteiger partial charge in [-0.3, -0.25) is 0 Å². The molecule has 0 aliphatic rings. The summed E-state index contributed by atoms with van der Waals surface area (Å²) in [6, 6.07) is 3.17. The van der Waals surface area contributed by atoms with E-state index in [-0.39, 0.29) is 17.0 Å². The second-order valence-electron chi connectivity index (χ2n) is 2.40. The van der Waals surface area contributed by atoms with Crippen LogP contribution >= 0.6 is 22.6 Å². The number of nitrogens with zero attached hydrogens (tertiary/aromatic N) is 2. The van der Waals surface area contributed by atoms with Crippen molar-refractivity contribution in [3.63, 3.8) is 0 Å². The van der Waals surface area contributed by atoms with Crippen molar-refractivity contribution in [2.75, 3.05) is 0 Å². The van der Waals surface area contributed by atoms with Crippen LogP contribution in [0.25, 0.3) is 0 Å². The highest BCUT2D eigenvalue weighted by molar-refractivity contribution is 14.1. The summed E-state index contributed by atoms with van der Waals surface area (Å²) >= 11 is 1.78. The third-order valence-corrected chi connectivity index (χ3v) is 2.42. The Kier molecular flexibility index (Phi) is 3.14. The second-order valence-corrected chi connectivity index (χ2v) is 3.56. The molecule has 0 bridgehead atoms. The zero-order valence-corrected chi connectivity index (χ0v) is 8.84. The fourth-order valence-corrected chi connectivity index (χ4v) is 1.88. The van der Waals surface area contributed by atoms with Crippen molar-refractivity contribution in [3.05, 3.63) is 26.6 Å². The van der Waals surface area contributed by atoms with E-state index in [2.05, 4.69) is 4.98 Å². The van der Waals surface area contributed by atoms with Gasteiger partial charge in [-0.05, 0) is 35.6 Å². The lowest BCUT2D eigenvalue weighted by Crippen LogP contribution is -1.99. The molecule has 0 aromatic carbocycles. The van der Waals surface area contributed by atoms with Crippen molar-refractivity contribution in [3.8, 4) is 6.07 Å². The molecule has 0 aliphatic carbocycles. The van der Waals surface area contributed by atoms with E-state index >= 15 is 0 Å². The summed E-state index contributed by atoms with van der Waals surface area (Å²) < 4.78 is 25.2. The Morgan fingerprint density at radius 2 is 2.23 bits per heavy atom. The molecule has 1 aromatic rings. The van der Waals surface area contributed by atoms with Gasteiger partial charge in [-0.15, -0.1) is 0 Å². The summed E-state index contributed by atoms with van der Waals surface area (Å²) in [5.74, 6) is 0. The highest BCUT2D eigenvalue weighted by atomic mass is 127. The molecule has 0 saturated carbocycles. The van der Waals surface area contributed by atoms with Crippen LogP contribution in [-0.4, -0.2) is 4.98 Å². The van der Waals surface area contributed by atoms with E-state index in [1.54, 1.807) is 22.6 Å². The van der Waals surface area contributed by atoms with Gasteiger partial charge in [0.1, 0.15) is 11.8 Å². The fraction of sp³-hybridized carbons (Fsp3) is 0.250. The Labute approximate surface area is 87.7 Å². The standard InChI is InChI=1S/C8H5F2IN2/c1-4-7(8(9)10)6(11)2-5(3-12)13-4/h2,8H,1H3. The number of alkyl halides is 2. The Bertz CT molecular complexity index is 348. The minimum Gasteiger partial charge on any atom is -0.242 e. The number of aryl methyl sites for hydroxylation is 1. The van der Waals surface area contributed by atoms with Crippen molar-refractivity contribution < 1.29 is 8.78 Å². The monoisotopic (exact) mass is 294 g/mol. The van der Waals surface area contributed by atoms with Gasteiger partial charge in [-0.1, -0.05) is 0 Å². The number of aromatic nitrogens is 1. The molecule has 0 spiro atoms. The van der Waals surface area contributed by atoms with Gasteiger partial charge < -0.3 is 0 Å². The highest BCUT2D eigenvalue weighted by Crippen LogP contribution is 2.26. The molecule has 0 amide bonds. The average Bonchev–Trinajstić information content (AvgIpc) is 2.02. The third kappa shape index (κ3) is 2.12. The first-order valence-corrected chi connectivity index (χ1v) is 4.49. The SMILES string of the molecule is Cc1nc(C#N)cc(I)c1C(F)F. The fourth-order valence-electron chi connectivity index (χ4n) is 0.963. The predicted molar refractivity (Wildman–Crippen MR) is 51.4 cm³/mol. The van der Waals surface area contributed by atoms with Crippen LogP contribution in [-0.2, 0) is 0 Å². The van der Waals surface area contributed by atoms with Gasteiger partial charge in [-0.25, -0.2) is 13.8 Å². The zero-order chi connectivity index (χ0) is 10.0. The molecule has 5 heteroatoms. The number of hydrogen-bond donors (Lipinski definition) is 0. The molecule has 0 radical (unpaired) electrons. The van der Waals surface area contributed by atoms with E-state index in [1.165, 1.54) is 13.0 Å². The van der Waals surface area contributed by atoms with Crippen molar-refractivity contribution >= 4 is 22.6 Å². The number of halogens is 3. The second kappa shape index (κ2) is 3.96. The minimum atomic E-state index is -2.54. The normalized spacial score (nSPS) is 10.2. The van der Waals surface area contributed by atoms with Crippen molar-refractivity contribution in [2.45, 2.75) is 13.3 Å². The first kappa shape index (κ1) is 10.3. The van der Waals surface area contributed by atoms with Crippen LogP contribution in [0.5, 0.6) is 0 Å². The molecule has 0 N–H and O–H groups in total. The molecule has 13 heavy (non-hydrogen) atoms. The lowest BCUT2D eigenvalue weighted by molar-refractivity contribution is 0.149. The van der Waals surface area contributed by atoms with Crippen LogP contribution in [0.3, 0.4) is 0 Å². The van der Waals surface area contributed by atoms with Gasteiger partial charge >= 0.3 is 0 Å². The van der Waals surface area contributed by atoms with E-state index < -0.39 is 6.43 Å². The maximum atomic E-state index is 12.4. The Balaban J connectivity index is 3.33. The van der Waals surface area contributed by atoms with Crippen LogP contribution in [0.15, 0.2) is 6.07 Å². The first-order chi connectivity index (χ1) is 6.06. The molecule has 1 aromatic heterocycles. The number of pyridine rings is 1. The van der Waals surface area contributed by atoms with E-state index in [4.69, 9.17) is 5.26 Å². The minimum absolute atomic E-state index is 0.0837. The molecule has 0 fully saturated rings. The summed E-state index contributed by atoms with van der Waals surface area (Å²) in [5.41, 5.74) is 0.310. The van der Waals surface area contributed by atoms with Gasteiger partial charge in [0, 0.05) is 9.26 Å². The average molecular weight is 294 g/mol. The molecule has 0 saturated heterocycles. The third-order valence-electron chi connectivity index (χ3n) is 1.53. The molecular formula is C8H5F2IN2. The summed E-state index contributed by atoms with van der Waals surface area (Å²) in [7, 11) is 0. The summed E-state index contributed by atoms with van der Waals surface area (Å²) in [6.07, 6.45) is -2.54. The summed E-state index contributed by atoms with van der Waals surface area (Å²) in [4.78, 5) is 3.73. The van der Waals surface area contributed by atoms with Crippen molar-refractivity contribution in [1.29, 1.82) is 5.26 Å². The summed E-state index contributed by atoms with van der Waals surface area (Å²) in [5, 5.41) is 8.51. The molecule has 0 atom stereocenters. The van der Waals surface area contributed by atoms with E-state index in [1.807, 2.05) is 6.07 Å². The molecule has 2 nitrogen and oxygen atoms in total. The van der Waals surface area contributed by atoms with Crippen LogP contribution < -0.4 is 0 Å². The molecule has 0 unspecified atom stereocenters. The Morgan fingerprint density at radius 1 is 1.62 bits per heavy atom. The van der Waals surface area contributed by atoms with Crippen LogP contribution in [0, 0.1) is 21.8 Å². The van der Waals surface area contributed by atoms with Crippen LogP contribution in [0.2, 0.25) is 0 Å². The van der Waals surface area contributed by atoms with Gasteiger partial charge in [0.25, 0.3) is 6.43 Å². The van der Waals surface area contributed by atoms with Crippen LogP contribution in [0.4, 0.5) is 8.78 Å². The lowest BCUT2D eigenvalue weighted by Gasteiger charge is -2.06. The van der Waals surface area contributed by atoms with Gasteiger partial charge in [0.15, 0.2) is 0 Å². The topological polar surface area (TPSA) is 36.7 Å². The maximum absolute atomic E-state index is 12.4. The molecule has 68 valence electrons. The lowest BCUT2D eigenvalue weighted by atomic mass is 10.2. The molecule has 0 aliphatic heterocycles. The first-order valence-electron chi connectivity index (χ1n) is 3.41. The number of hydrogen-bond acceptors (Lipinski definition) is 2. The van der Waals surface area contributed by atoms with Gasteiger partial charge in [-0.2, -0.15) is 5.26 Å². The van der Waals surface area contributed by atoms with Gasteiger partial charge in [0.05, 0.1) is 5.56 Å². The molecule has 1 heterocycles. The smallest absolute Gasteiger partial charge is 0.242 e. The Hall–Kier alpha value is -0.770. The number of nitriles is 1. The largest absolute Gasteiger partial charge is 0.266 e.